The van der Waals surface area contributed by atoms with Crippen LogP contribution in [0.5, 0.6) is 0 Å². The number of piperidine rings is 1. The highest BCUT2D eigenvalue weighted by molar-refractivity contribution is 5.90. The number of nitrogens with one attached hydrogen (secondary N) is 2. The first-order valence-electron chi connectivity index (χ1n) is 12.0. The third-order valence-electron chi connectivity index (χ3n) is 7.09. The van der Waals surface area contributed by atoms with Crippen LogP contribution in [0.1, 0.15) is 45.6 Å². The number of rotatable bonds is 9. The topological polar surface area (TPSA) is 64.7 Å². The third kappa shape index (κ3) is 5.86. The van der Waals surface area contributed by atoms with Crippen molar-refractivity contribution in [3.05, 3.63) is 35.9 Å². The molecular weight excluding hydrogens is 388 g/mol. The summed E-state index contributed by atoms with van der Waals surface area (Å²) in [4.78, 5) is 30.8. The zero-order valence-corrected chi connectivity index (χ0v) is 19.6. The minimum Gasteiger partial charge on any atom is -0.343 e. The van der Waals surface area contributed by atoms with Gasteiger partial charge in [-0.25, -0.2) is 0 Å². The van der Waals surface area contributed by atoms with Crippen molar-refractivity contribution in [3.63, 3.8) is 0 Å². The van der Waals surface area contributed by atoms with E-state index in [2.05, 4.69) is 50.8 Å². The van der Waals surface area contributed by atoms with Crippen molar-refractivity contribution in [3.8, 4) is 0 Å². The Labute approximate surface area is 187 Å². The second-order valence-electron chi connectivity index (χ2n) is 9.45. The second kappa shape index (κ2) is 11.1. The van der Waals surface area contributed by atoms with Gasteiger partial charge in [0.05, 0.1) is 6.04 Å². The van der Waals surface area contributed by atoms with E-state index in [0.29, 0.717) is 12.3 Å². The van der Waals surface area contributed by atoms with Crippen LogP contribution in [0, 0.1) is 11.8 Å². The fourth-order valence-electron chi connectivity index (χ4n) is 5.08. The Bertz CT molecular complexity index is 719. The van der Waals surface area contributed by atoms with Gasteiger partial charge < -0.3 is 20.4 Å². The molecule has 3 unspecified atom stereocenters. The van der Waals surface area contributed by atoms with Crippen LogP contribution in [0.25, 0.3) is 0 Å². The number of carbonyl (C=O) groups is 2. The predicted octanol–water partition coefficient (Wildman–Crippen LogP) is 2.29. The summed E-state index contributed by atoms with van der Waals surface area (Å²) >= 11 is 0. The summed E-state index contributed by atoms with van der Waals surface area (Å²) in [6.45, 7) is 9.90. The van der Waals surface area contributed by atoms with Crippen molar-refractivity contribution in [2.45, 2.75) is 64.6 Å². The molecule has 1 aromatic carbocycles. The van der Waals surface area contributed by atoms with Crippen LogP contribution >= 0.6 is 0 Å². The smallest absolute Gasteiger partial charge is 0.245 e. The number of fused-ring (bicyclic) bond motifs is 1. The number of nitrogens with zero attached hydrogens (tertiary/aromatic N) is 2. The van der Waals surface area contributed by atoms with Crippen molar-refractivity contribution < 1.29 is 9.59 Å². The summed E-state index contributed by atoms with van der Waals surface area (Å²) in [5.74, 6) is 0.649. The minimum absolute atomic E-state index is 0.0580. The van der Waals surface area contributed by atoms with Crippen LogP contribution < -0.4 is 10.6 Å². The Hall–Kier alpha value is -1.92. The van der Waals surface area contributed by atoms with Gasteiger partial charge in [0.25, 0.3) is 0 Å². The molecule has 0 radical (unpaired) electrons. The first-order valence-corrected chi connectivity index (χ1v) is 12.0. The van der Waals surface area contributed by atoms with Crippen molar-refractivity contribution in [1.82, 2.24) is 20.4 Å². The van der Waals surface area contributed by atoms with E-state index in [4.69, 9.17) is 0 Å². The number of likely N-dealkylation sites (N-methyl/N-ethyl adjacent to an activating group) is 1. The number of amides is 2. The molecule has 2 amide bonds. The summed E-state index contributed by atoms with van der Waals surface area (Å²) < 4.78 is 0. The lowest BCUT2D eigenvalue weighted by Gasteiger charge is -2.40. The maximum Gasteiger partial charge on any atom is 0.245 e. The molecule has 6 nitrogen and oxygen atoms in total. The van der Waals surface area contributed by atoms with Crippen LogP contribution in [-0.2, 0) is 16.0 Å². The lowest BCUT2D eigenvalue weighted by molar-refractivity contribution is -0.139. The first kappa shape index (κ1) is 23.7. The van der Waals surface area contributed by atoms with Gasteiger partial charge in [-0.2, -0.15) is 0 Å². The molecule has 0 saturated carbocycles. The van der Waals surface area contributed by atoms with E-state index >= 15 is 0 Å². The van der Waals surface area contributed by atoms with Crippen LogP contribution in [0.2, 0.25) is 0 Å². The maximum atomic E-state index is 13.5. The Kier molecular flexibility index (Phi) is 8.50. The first-order chi connectivity index (χ1) is 14.9. The van der Waals surface area contributed by atoms with E-state index in [9.17, 15) is 9.59 Å². The lowest BCUT2D eigenvalue weighted by Crippen LogP contribution is -2.58. The van der Waals surface area contributed by atoms with Gasteiger partial charge in [0.15, 0.2) is 0 Å². The van der Waals surface area contributed by atoms with Gasteiger partial charge in [0.1, 0.15) is 6.04 Å². The van der Waals surface area contributed by atoms with E-state index < -0.39 is 6.04 Å². The molecule has 4 atom stereocenters. The standard InChI is InChI=1S/C25H40N4O2/c1-5-21(26-4)24(30)27-23(18(2)3)25(31)29-16-13-20-12-15-28(17-22(20)29)14-11-19-9-7-6-8-10-19/h6-10,18,20-23,26H,5,11-17H2,1-4H3,(H,27,30)/t20?,21?,22?,23-/m0/s1. The molecule has 6 heteroatoms. The van der Waals surface area contributed by atoms with Gasteiger partial charge in [-0.1, -0.05) is 51.1 Å². The lowest BCUT2D eigenvalue weighted by atomic mass is 9.91. The summed E-state index contributed by atoms with van der Waals surface area (Å²) in [6, 6.07) is 10.1. The molecule has 2 heterocycles. The van der Waals surface area contributed by atoms with Crippen molar-refractivity contribution in [2.75, 3.05) is 33.2 Å². The normalized spacial score (nSPS) is 23.5. The van der Waals surface area contributed by atoms with E-state index in [0.717, 1.165) is 45.4 Å². The fourth-order valence-corrected chi connectivity index (χ4v) is 5.08. The molecule has 172 valence electrons. The molecule has 0 aromatic heterocycles. The monoisotopic (exact) mass is 428 g/mol. The van der Waals surface area contributed by atoms with Crippen LogP contribution in [0.3, 0.4) is 0 Å². The minimum atomic E-state index is -0.464. The quantitative estimate of drug-likeness (QED) is 0.633. The Morgan fingerprint density at radius 3 is 2.48 bits per heavy atom. The summed E-state index contributed by atoms with van der Waals surface area (Å²) in [7, 11) is 1.79. The van der Waals surface area contributed by atoms with E-state index in [1.807, 2.05) is 20.8 Å². The highest BCUT2D eigenvalue weighted by Gasteiger charge is 2.43. The average Bonchev–Trinajstić information content (AvgIpc) is 3.20. The predicted molar refractivity (Wildman–Crippen MR) is 125 cm³/mol. The Morgan fingerprint density at radius 1 is 1.13 bits per heavy atom. The van der Waals surface area contributed by atoms with Crippen molar-refractivity contribution >= 4 is 11.8 Å². The van der Waals surface area contributed by atoms with E-state index in [1.165, 1.54) is 5.56 Å². The molecule has 2 aliphatic heterocycles. The van der Waals surface area contributed by atoms with Gasteiger partial charge >= 0.3 is 0 Å². The second-order valence-corrected chi connectivity index (χ2v) is 9.45. The SMILES string of the molecule is CCC(NC)C(=O)N[C@H](C(=O)N1CCC2CCN(CCc3ccccc3)CC21)C(C)C. The number of carbonyl (C=O) groups excluding carboxylic acids is 2. The number of hydrogen-bond donors (Lipinski definition) is 2. The largest absolute Gasteiger partial charge is 0.343 e. The number of hydrogen-bond acceptors (Lipinski definition) is 4. The summed E-state index contributed by atoms with van der Waals surface area (Å²) in [6.07, 6.45) is 3.97. The van der Waals surface area contributed by atoms with Gasteiger partial charge in [-0.15, -0.1) is 0 Å². The van der Waals surface area contributed by atoms with E-state index in [1.54, 1.807) is 7.05 Å². The number of likely N-dealkylation sites (tertiary alicyclic amines) is 2. The van der Waals surface area contributed by atoms with Crippen LogP contribution in [0.15, 0.2) is 30.3 Å². The number of benzene rings is 1. The van der Waals surface area contributed by atoms with Crippen LogP contribution in [-0.4, -0.2) is 73.0 Å². The summed E-state index contributed by atoms with van der Waals surface area (Å²) in [5.41, 5.74) is 1.36. The third-order valence-corrected chi connectivity index (χ3v) is 7.09. The van der Waals surface area contributed by atoms with Gasteiger partial charge in [0.2, 0.25) is 11.8 Å². The highest BCUT2D eigenvalue weighted by Crippen LogP contribution is 2.32. The Morgan fingerprint density at radius 2 is 1.84 bits per heavy atom. The molecular formula is C25H40N4O2. The average molecular weight is 429 g/mol. The van der Waals surface area contributed by atoms with Gasteiger partial charge in [-0.05, 0) is 56.7 Å². The maximum absolute atomic E-state index is 13.5. The molecule has 0 spiro atoms. The molecule has 2 saturated heterocycles. The Balaban J connectivity index is 1.62. The molecule has 3 rings (SSSR count). The molecule has 31 heavy (non-hydrogen) atoms. The van der Waals surface area contributed by atoms with Crippen molar-refractivity contribution in [2.24, 2.45) is 11.8 Å². The molecule has 2 aliphatic rings. The van der Waals surface area contributed by atoms with Crippen LogP contribution in [0.4, 0.5) is 0 Å². The zero-order valence-electron chi connectivity index (χ0n) is 19.6. The summed E-state index contributed by atoms with van der Waals surface area (Å²) in [5, 5.41) is 6.08. The molecule has 2 N–H and O–H groups in total. The highest BCUT2D eigenvalue weighted by atomic mass is 16.2. The molecule has 0 aliphatic carbocycles. The van der Waals surface area contributed by atoms with E-state index in [-0.39, 0.29) is 29.8 Å². The van der Waals surface area contributed by atoms with Gasteiger partial charge in [-0.3, -0.25) is 9.59 Å². The zero-order chi connectivity index (χ0) is 22.4. The molecule has 0 bridgehead atoms. The fraction of sp³-hybridized carbons (Fsp3) is 0.680. The molecule has 1 aromatic rings. The molecule has 2 fully saturated rings. The van der Waals surface area contributed by atoms with Crippen molar-refractivity contribution in [1.29, 1.82) is 0 Å². The van der Waals surface area contributed by atoms with Gasteiger partial charge in [0, 0.05) is 25.7 Å².